The molecule has 7 nitrogen and oxygen atoms in total. The summed E-state index contributed by atoms with van der Waals surface area (Å²) >= 11 is 0. The van der Waals surface area contributed by atoms with Gasteiger partial charge in [0.25, 0.3) is 5.91 Å². The van der Waals surface area contributed by atoms with Gasteiger partial charge in [-0.25, -0.2) is 9.97 Å². The highest BCUT2D eigenvalue weighted by Gasteiger charge is 2.49. The van der Waals surface area contributed by atoms with Crippen molar-refractivity contribution in [2.75, 3.05) is 51.2 Å². The van der Waals surface area contributed by atoms with Crippen LogP contribution in [0.3, 0.4) is 0 Å². The summed E-state index contributed by atoms with van der Waals surface area (Å²) < 4.78 is 0. The Labute approximate surface area is 231 Å². The summed E-state index contributed by atoms with van der Waals surface area (Å²) in [7, 11) is 2.21. The maximum Gasteiger partial charge on any atom is 0.270 e. The number of piperazine rings is 1. The minimum absolute atomic E-state index is 0.142. The molecule has 3 heterocycles. The zero-order valence-corrected chi connectivity index (χ0v) is 23.2. The fraction of sp³-hybridized carbons (Fsp3) is 0.406. The number of carbonyl (C=O) groups is 1. The van der Waals surface area contributed by atoms with Crippen LogP contribution in [0.5, 0.6) is 0 Å². The maximum atomic E-state index is 13.1. The van der Waals surface area contributed by atoms with E-state index in [4.69, 9.17) is 0 Å². The van der Waals surface area contributed by atoms with Crippen LogP contribution < -0.4 is 15.5 Å². The van der Waals surface area contributed by atoms with Gasteiger partial charge >= 0.3 is 0 Å². The number of benzene rings is 2. The van der Waals surface area contributed by atoms with Crippen molar-refractivity contribution in [2.45, 2.75) is 32.7 Å². The maximum absolute atomic E-state index is 13.1. The first kappa shape index (κ1) is 25.7. The van der Waals surface area contributed by atoms with E-state index in [0.29, 0.717) is 17.1 Å². The van der Waals surface area contributed by atoms with Crippen LogP contribution in [0.25, 0.3) is 5.57 Å². The van der Waals surface area contributed by atoms with E-state index in [1.807, 2.05) is 6.92 Å². The third kappa shape index (κ3) is 5.34. The van der Waals surface area contributed by atoms with E-state index in [1.54, 1.807) is 17.8 Å². The van der Waals surface area contributed by atoms with Gasteiger partial charge in [0, 0.05) is 50.9 Å². The van der Waals surface area contributed by atoms with Gasteiger partial charge < -0.3 is 20.4 Å². The zero-order chi connectivity index (χ0) is 27.0. The molecule has 3 aliphatic rings. The first-order valence-corrected chi connectivity index (χ1v) is 14.1. The number of anilines is 1. The largest absolute Gasteiger partial charge is 0.344 e. The van der Waals surface area contributed by atoms with Gasteiger partial charge in [0.2, 0.25) is 5.95 Å². The Morgan fingerprint density at radius 3 is 2.26 bits per heavy atom. The first-order valence-electron chi connectivity index (χ1n) is 14.1. The highest BCUT2D eigenvalue weighted by molar-refractivity contribution is 5.92. The number of nitrogens with zero attached hydrogens (tertiary/aromatic N) is 4. The Morgan fingerprint density at radius 2 is 1.62 bits per heavy atom. The standard InChI is InChI=1S/C32H38N6O/c1-22-4-6-25(7-5-22)29(27-18-32(19-27)20-37(3)21-32)26-10-8-24(9-11-26)23(2)35-30(39)28-12-13-34-31(36-28)38-16-14-33-15-17-38/h4-13,23,33H,14-21H2,1-3H3,(H,35,39). The normalized spacial score (nSPS) is 19.3. The molecule has 1 saturated carbocycles. The van der Waals surface area contributed by atoms with Gasteiger partial charge in [-0.15, -0.1) is 0 Å². The summed E-state index contributed by atoms with van der Waals surface area (Å²) in [6, 6.07) is 19.2. The molecule has 6 rings (SSSR count). The lowest BCUT2D eigenvalue weighted by molar-refractivity contribution is -0.0106. The third-order valence-corrected chi connectivity index (χ3v) is 8.40. The van der Waals surface area contributed by atoms with E-state index >= 15 is 0 Å². The molecule has 39 heavy (non-hydrogen) atoms. The van der Waals surface area contributed by atoms with Gasteiger partial charge in [-0.05, 0) is 62.1 Å². The van der Waals surface area contributed by atoms with Gasteiger partial charge in [-0.1, -0.05) is 59.7 Å². The van der Waals surface area contributed by atoms with Crippen LogP contribution in [0, 0.1) is 12.3 Å². The molecule has 7 heteroatoms. The Kier molecular flexibility index (Phi) is 6.95. The average Bonchev–Trinajstić information content (AvgIpc) is 2.93. The van der Waals surface area contributed by atoms with Crippen LogP contribution in [0.2, 0.25) is 0 Å². The Bertz CT molecular complexity index is 1360. The SMILES string of the molecule is Cc1ccc(C(=C2CC3(C2)CN(C)C3)c2ccc(C(C)NC(=O)c3ccnc(N4CCNCC4)n3)cc2)cc1. The zero-order valence-electron chi connectivity index (χ0n) is 23.2. The Morgan fingerprint density at radius 1 is 0.974 bits per heavy atom. The molecule has 1 amide bonds. The Hall–Kier alpha value is -3.55. The summed E-state index contributed by atoms with van der Waals surface area (Å²) in [5.41, 5.74) is 8.70. The van der Waals surface area contributed by atoms with Gasteiger partial charge in [0.15, 0.2) is 0 Å². The quantitative estimate of drug-likeness (QED) is 0.505. The summed E-state index contributed by atoms with van der Waals surface area (Å²) in [5, 5.41) is 6.46. The van der Waals surface area contributed by atoms with Gasteiger partial charge in [-0.2, -0.15) is 0 Å². The predicted octanol–water partition coefficient (Wildman–Crippen LogP) is 4.21. The van der Waals surface area contributed by atoms with Crippen molar-refractivity contribution in [1.82, 2.24) is 25.5 Å². The van der Waals surface area contributed by atoms with E-state index in [9.17, 15) is 4.79 Å². The van der Waals surface area contributed by atoms with E-state index in [0.717, 1.165) is 31.7 Å². The number of allylic oxidation sites excluding steroid dienone is 1. The second kappa shape index (κ2) is 10.5. The fourth-order valence-electron chi connectivity index (χ4n) is 6.43. The molecule has 2 aliphatic heterocycles. The summed E-state index contributed by atoms with van der Waals surface area (Å²) in [5.74, 6) is 0.433. The van der Waals surface area contributed by atoms with Crippen LogP contribution in [0.1, 0.15) is 58.5 Å². The van der Waals surface area contributed by atoms with Crippen molar-refractivity contribution in [2.24, 2.45) is 5.41 Å². The summed E-state index contributed by atoms with van der Waals surface area (Å²) in [6.07, 6.45) is 4.04. The Balaban J connectivity index is 1.18. The van der Waals surface area contributed by atoms with E-state index in [-0.39, 0.29) is 11.9 Å². The highest BCUT2D eigenvalue weighted by Crippen LogP contribution is 2.54. The van der Waals surface area contributed by atoms with E-state index in [1.165, 1.54) is 48.2 Å². The van der Waals surface area contributed by atoms with Crippen molar-refractivity contribution in [3.05, 3.63) is 94.3 Å². The number of rotatable bonds is 6. The van der Waals surface area contributed by atoms with E-state index < -0.39 is 0 Å². The monoisotopic (exact) mass is 522 g/mol. The minimum Gasteiger partial charge on any atom is -0.344 e. The highest BCUT2D eigenvalue weighted by atomic mass is 16.1. The first-order chi connectivity index (χ1) is 18.9. The molecule has 1 aliphatic carbocycles. The van der Waals surface area contributed by atoms with E-state index in [2.05, 4.69) is 92.9 Å². The van der Waals surface area contributed by atoms with Gasteiger partial charge in [0.05, 0.1) is 6.04 Å². The lowest BCUT2D eigenvalue weighted by Gasteiger charge is -2.56. The van der Waals surface area contributed by atoms with Gasteiger partial charge in [0.1, 0.15) is 5.69 Å². The average molecular weight is 523 g/mol. The lowest BCUT2D eigenvalue weighted by atomic mass is 9.59. The molecule has 2 saturated heterocycles. The topological polar surface area (TPSA) is 73.4 Å². The molecule has 3 fully saturated rings. The van der Waals surface area contributed by atoms with Crippen molar-refractivity contribution in [1.29, 1.82) is 0 Å². The summed E-state index contributed by atoms with van der Waals surface area (Å²) in [6.45, 7) is 10.0. The second-order valence-electron chi connectivity index (χ2n) is 11.7. The fourth-order valence-corrected chi connectivity index (χ4v) is 6.43. The number of likely N-dealkylation sites (tertiary alicyclic amines) is 1. The predicted molar refractivity (Wildman–Crippen MR) is 156 cm³/mol. The molecule has 1 spiro atoms. The number of aromatic nitrogens is 2. The molecular formula is C32H38N6O. The molecule has 1 unspecified atom stereocenters. The molecule has 2 N–H and O–H groups in total. The number of hydrogen-bond acceptors (Lipinski definition) is 6. The smallest absolute Gasteiger partial charge is 0.270 e. The number of hydrogen-bond donors (Lipinski definition) is 2. The molecular weight excluding hydrogens is 484 g/mol. The molecule has 0 bridgehead atoms. The minimum atomic E-state index is -0.182. The van der Waals surface area contributed by atoms with Crippen molar-refractivity contribution < 1.29 is 4.79 Å². The summed E-state index contributed by atoms with van der Waals surface area (Å²) in [4.78, 5) is 26.5. The van der Waals surface area contributed by atoms with Crippen molar-refractivity contribution in [3.8, 4) is 0 Å². The van der Waals surface area contributed by atoms with Crippen LogP contribution >= 0.6 is 0 Å². The molecule has 202 valence electrons. The molecule has 3 aromatic rings. The molecule has 1 atom stereocenters. The molecule has 1 aromatic heterocycles. The van der Waals surface area contributed by atoms with Crippen LogP contribution in [0.4, 0.5) is 5.95 Å². The van der Waals surface area contributed by atoms with Gasteiger partial charge in [-0.3, -0.25) is 4.79 Å². The molecule has 2 aromatic carbocycles. The molecule has 0 radical (unpaired) electrons. The number of carbonyl (C=O) groups excluding carboxylic acids is 1. The second-order valence-corrected chi connectivity index (χ2v) is 11.7. The lowest BCUT2D eigenvalue weighted by Crippen LogP contribution is -2.58. The van der Waals surface area contributed by atoms with Crippen LogP contribution in [0.15, 0.2) is 66.4 Å². The van der Waals surface area contributed by atoms with Crippen LogP contribution in [-0.4, -0.2) is 67.1 Å². The van der Waals surface area contributed by atoms with Crippen molar-refractivity contribution in [3.63, 3.8) is 0 Å². The third-order valence-electron chi connectivity index (χ3n) is 8.40. The number of nitrogens with one attached hydrogen (secondary N) is 2. The number of amides is 1. The van der Waals surface area contributed by atoms with Crippen LogP contribution in [-0.2, 0) is 0 Å². The number of aryl methyl sites for hydroxylation is 1. The van der Waals surface area contributed by atoms with Crippen molar-refractivity contribution >= 4 is 17.4 Å².